The third kappa shape index (κ3) is 3.14. The van der Waals surface area contributed by atoms with Crippen LogP contribution in [0.1, 0.15) is 63.1 Å². The molecule has 1 atom stereocenters. The molecule has 2 aliphatic carbocycles. The van der Waals surface area contributed by atoms with Crippen molar-refractivity contribution in [2.45, 2.75) is 69.5 Å². The minimum Gasteiger partial charge on any atom is -0.302 e. The minimum absolute atomic E-state index is 0.222. The van der Waals surface area contributed by atoms with Crippen molar-refractivity contribution in [2.75, 3.05) is 0 Å². The molecule has 1 heterocycles. The Morgan fingerprint density at radius 3 is 2.62 bits per heavy atom. The van der Waals surface area contributed by atoms with Crippen LogP contribution in [-0.4, -0.2) is 15.0 Å². The summed E-state index contributed by atoms with van der Waals surface area (Å²) in [5.74, 6) is 0.544. The van der Waals surface area contributed by atoms with Crippen molar-refractivity contribution < 1.29 is 0 Å². The minimum atomic E-state index is -0.446. The van der Waals surface area contributed by atoms with E-state index >= 15 is 0 Å². The quantitative estimate of drug-likeness (QED) is 0.859. The molecule has 0 spiro atoms. The van der Waals surface area contributed by atoms with E-state index in [2.05, 4.69) is 52.9 Å². The van der Waals surface area contributed by atoms with Gasteiger partial charge in [-0.3, -0.25) is 0 Å². The van der Waals surface area contributed by atoms with Crippen molar-refractivity contribution >= 4 is 0 Å². The number of aromatic nitrogens is 3. The van der Waals surface area contributed by atoms with Gasteiger partial charge in [-0.15, -0.1) is 5.10 Å². The Labute approximate surface area is 155 Å². The molecule has 1 N–H and O–H groups in total. The zero-order chi connectivity index (χ0) is 18.0. The second-order valence-electron chi connectivity index (χ2n) is 8.07. The van der Waals surface area contributed by atoms with E-state index in [0.29, 0.717) is 5.92 Å². The van der Waals surface area contributed by atoms with Gasteiger partial charge in [0, 0.05) is 6.54 Å². The Morgan fingerprint density at radius 1 is 1.23 bits per heavy atom. The van der Waals surface area contributed by atoms with Crippen LogP contribution in [0.25, 0.3) is 0 Å². The molecule has 2 aliphatic rings. The fraction of sp³-hybridized carbons (Fsp3) is 0.571. The first kappa shape index (κ1) is 17.2. The van der Waals surface area contributed by atoms with E-state index in [1.165, 1.54) is 37.7 Å². The molecule has 5 heteroatoms. The van der Waals surface area contributed by atoms with Crippen LogP contribution in [0.5, 0.6) is 0 Å². The number of hydrogen-bond donors (Lipinski definition) is 1. The monoisotopic (exact) mass is 349 g/mol. The standard InChI is InChI=1S/C21H27N5/c1-20(18-10-6-3-7-11-18,23-14-17-8-4-2-5-9-17)19-15-26(25-24-19)21(16-22)12-13-21/h2,4-5,8-9,15,18,23H,3,6-7,10-14H2,1H3/t20-/m0/s1. The SMILES string of the molecule is C[C@@](NCc1ccccc1)(c1cn(C2(C#N)CC2)nn1)C1CCCCC1. The molecular weight excluding hydrogens is 322 g/mol. The molecule has 4 rings (SSSR count). The van der Waals surface area contributed by atoms with Gasteiger partial charge in [-0.2, -0.15) is 5.26 Å². The highest BCUT2D eigenvalue weighted by molar-refractivity contribution is 5.21. The largest absolute Gasteiger partial charge is 0.302 e. The summed E-state index contributed by atoms with van der Waals surface area (Å²) in [5, 5.41) is 22.1. The van der Waals surface area contributed by atoms with Crippen molar-refractivity contribution in [1.82, 2.24) is 20.3 Å². The van der Waals surface area contributed by atoms with Crippen molar-refractivity contribution in [2.24, 2.45) is 5.92 Å². The summed E-state index contributed by atoms with van der Waals surface area (Å²) in [6.07, 6.45) is 10.1. The zero-order valence-electron chi connectivity index (χ0n) is 15.5. The second-order valence-corrected chi connectivity index (χ2v) is 8.07. The van der Waals surface area contributed by atoms with Gasteiger partial charge >= 0.3 is 0 Å². The maximum absolute atomic E-state index is 9.47. The summed E-state index contributed by atoms with van der Waals surface area (Å²) >= 11 is 0. The van der Waals surface area contributed by atoms with Crippen LogP contribution < -0.4 is 5.32 Å². The molecule has 1 aromatic heterocycles. The predicted molar refractivity (Wildman–Crippen MR) is 100 cm³/mol. The molecule has 0 radical (unpaired) electrons. The molecule has 0 unspecified atom stereocenters. The fourth-order valence-corrected chi connectivity index (χ4v) is 4.23. The highest BCUT2D eigenvalue weighted by Crippen LogP contribution is 2.44. The van der Waals surface area contributed by atoms with E-state index in [1.54, 1.807) is 4.68 Å². The lowest BCUT2D eigenvalue weighted by atomic mass is 9.74. The number of hydrogen-bond acceptors (Lipinski definition) is 4. The van der Waals surface area contributed by atoms with Gasteiger partial charge in [-0.25, -0.2) is 4.68 Å². The summed E-state index contributed by atoms with van der Waals surface area (Å²) in [4.78, 5) is 0. The highest BCUT2D eigenvalue weighted by Gasteiger charge is 2.48. The first-order valence-corrected chi connectivity index (χ1v) is 9.80. The van der Waals surface area contributed by atoms with E-state index in [-0.39, 0.29) is 5.54 Å². The summed E-state index contributed by atoms with van der Waals surface area (Å²) < 4.78 is 1.80. The Kier molecular flexibility index (Phi) is 4.54. The molecular formula is C21H27N5. The van der Waals surface area contributed by atoms with Gasteiger partial charge in [0.1, 0.15) is 5.69 Å². The average Bonchev–Trinajstić information content (AvgIpc) is 3.35. The van der Waals surface area contributed by atoms with Gasteiger partial charge in [0.05, 0.1) is 17.8 Å². The maximum atomic E-state index is 9.47. The van der Waals surface area contributed by atoms with Crippen LogP contribution in [0.2, 0.25) is 0 Å². The third-order valence-electron chi connectivity index (χ3n) is 6.32. The molecule has 136 valence electrons. The summed E-state index contributed by atoms with van der Waals surface area (Å²) in [7, 11) is 0. The van der Waals surface area contributed by atoms with E-state index in [9.17, 15) is 5.26 Å². The average molecular weight is 349 g/mol. The van der Waals surface area contributed by atoms with Gasteiger partial charge in [0.2, 0.25) is 0 Å². The van der Waals surface area contributed by atoms with Crippen LogP contribution in [0.3, 0.4) is 0 Å². The topological polar surface area (TPSA) is 66.5 Å². The molecule has 0 saturated heterocycles. The van der Waals surface area contributed by atoms with Gasteiger partial charge < -0.3 is 5.32 Å². The van der Waals surface area contributed by atoms with Gasteiger partial charge in [0.25, 0.3) is 0 Å². The number of nitriles is 1. The molecule has 26 heavy (non-hydrogen) atoms. The lowest BCUT2D eigenvalue weighted by Crippen LogP contribution is -2.46. The summed E-state index contributed by atoms with van der Waals surface area (Å²) in [6, 6.07) is 12.9. The van der Waals surface area contributed by atoms with Crippen LogP contribution in [0.15, 0.2) is 36.5 Å². The molecule has 0 bridgehead atoms. The lowest BCUT2D eigenvalue weighted by molar-refractivity contribution is 0.170. The smallest absolute Gasteiger partial charge is 0.150 e. The van der Waals surface area contributed by atoms with E-state index in [0.717, 1.165) is 25.1 Å². The molecule has 0 amide bonds. The molecule has 0 aliphatic heterocycles. The molecule has 2 saturated carbocycles. The number of benzene rings is 1. The van der Waals surface area contributed by atoms with Gasteiger partial charge in [-0.05, 0) is 44.1 Å². The molecule has 2 aromatic rings. The van der Waals surface area contributed by atoms with Crippen molar-refractivity contribution in [1.29, 1.82) is 5.26 Å². The Hall–Kier alpha value is -2.19. The normalized spacial score (nSPS) is 21.7. The summed E-state index contributed by atoms with van der Waals surface area (Å²) in [5.41, 5.74) is 1.58. The Morgan fingerprint density at radius 2 is 1.96 bits per heavy atom. The van der Waals surface area contributed by atoms with Gasteiger partial charge in [-0.1, -0.05) is 54.8 Å². The summed E-state index contributed by atoms with van der Waals surface area (Å²) in [6.45, 7) is 3.08. The van der Waals surface area contributed by atoms with E-state index in [1.807, 2.05) is 12.3 Å². The zero-order valence-corrected chi connectivity index (χ0v) is 15.5. The van der Waals surface area contributed by atoms with E-state index in [4.69, 9.17) is 0 Å². The van der Waals surface area contributed by atoms with Crippen LogP contribution in [0, 0.1) is 17.2 Å². The Balaban J connectivity index is 1.61. The van der Waals surface area contributed by atoms with Crippen molar-refractivity contribution in [3.8, 4) is 6.07 Å². The number of nitrogens with zero attached hydrogens (tertiary/aromatic N) is 4. The second kappa shape index (κ2) is 6.85. The molecule has 5 nitrogen and oxygen atoms in total. The Bertz CT molecular complexity index is 780. The fourth-order valence-electron chi connectivity index (χ4n) is 4.23. The highest BCUT2D eigenvalue weighted by atomic mass is 15.5. The first-order valence-electron chi connectivity index (χ1n) is 9.80. The maximum Gasteiger partial charge on any atom is 0.150 e. The third-order valence-corrected chi connectivity index (χ3v) is 6.32. The molecule has 1 aromatic carbocycles. The van der Waals surface area contributed by atoms with Crippen molar-refractivity contribution in [3.63, 3.8) is 0 Å². The van der Waals surface area contributed by atoms with Crippen LogP contribution >= 0.6 is 0 Å². The van der Waals surface area contributed by atoms with Crippen molar-refractivity contribution in [3.05, 3.63) is 47.8 Å². The lowest BCUT2D eigenvalue weighted by Gasteiger charge is -2.39. The predicted octanol–water partition coefficient (Wildman–Crippen LogP) is 3.88. The number of nitrogens with one attached hydrogen (secondary N) is 1. The molecule has 2 fully saturated rings. The first-order chi connectivity index (χ1) is 12.7. The van der Waals surface area contributed by atoms with E-state index < -0.39 is 5.54 Å². The number of rotatable bonds is 6. The van der Waals surface area contributed by atoms with Crippen LogP contribution in [0.4, 0.5) is 0 Å². The van der Waals surface area contributed by atoms with Gasteiger partial charge in [0.15, 0.2) is 5.54 Å². The van der Waals surface area contributed by atoms with Crippen LogP contribution in [-0.2, 0) is 17.6 Å².